The first-order chi connectivity index (χ1) is 11.4. The lowest BCUT2D eigenvalue weighted by Crippen LogP contribution is -2.39. The van der Waals surface area contributed by atoms with Crippen LogP contribution in [0.15, 0.2) is 30.3 Å². The fourth-order valence-electron chi connectivity index (χ4n) is 1.23. The molecule has 0 aliphatic rings. The SMILES string of the molecule is CC[N+](C)(C)c1ccccc1.O=S(=O)([N-]S(=O)(=O)C(F)(F)F)C(F)(F)F. The van der Waals surface area contributed by atoms with Gasteiger partial charge in [-0.1, -0.05) is 18.2 Å². The monoisotopic (exact) mass is 430 g/mol. The molecule has 0 aliphatic carbocycles. The molecule has 0 aromatic heterocycles. The van der Waals surface area contributed by atoms with Gasteiger partial charge in [0, 0.05) is 0 Å². The fraction of sp³-hybridized carbons (Fsp3) is 0.500. The Morgan fingerprint density at radius 2 is 1.19 bits per heavy atom. The second kappa shape index (κ2) is 8.10. The molecule has 0 radical (unpaired) electrons. The van der Waals surface area contributed by atoms with Crippen LogP contribution >= 0.6 is 0 Å². The van der Waals surface area contributed by atoms with Crippen molar-refractivity contribution in [2.75, 3.05) is 20.6 Å². The van der Waals surface area contributed by atoms with Crippen molar-refractivity contribution in [3.8, 4) is 0 Å². The van der Waals surface area contributed by atoms with E-state index < -0.39 is 31.1 Å². The van der Waals surface area contributed by atoms with Crippen LogP contribution in [0.5, 0.6) is 0 Å². The number of sulfonamides is 2. The highest BCUT2D eigenvalue weighted by molar-refractivity contribution is 8.13. The second-order valence-corrected chi connectivity index (χ2v) is 8.68. The Kier molecular flexibility index (Phi) is 7.67. The minimum atomic E-state index is -6.72. The van der Waals surface area contributed by atoms with Crippen LogP contribution in [0.2, 0.25) is 0 Å². The molecule has 0 heterocycles. The van der Waals surface area contributed by atoms with Crippen molar-refractivity contribution in [2.45, 2.75) is 17.9 Å². The number of para-hydroxylation sites is 1. The predicted octanol–water partition coefficient (Wildman–Crippen LogP) is 3.33. The van der Waals surface area contributed by atoms with Crippen LogP contribution in [0.3, 0.4) is 0 Å². The summed E-state index contributed by atoms with van der Waals surface area (Å²) in [6.07, 6.45) is 0. The summed E-state index contributed by atoms with van der Waals surface area (Å²) in [6.45, 7) is 3.33. The number of benzene rings is 1. The predicted molar refractivity (Wildman–Crippen MR) is 83.9 cm³/mol. The Bertz CT molecular complexity index is 745. The van der Waals surface area contributed by atoms with Crippen molar-refractivity contribution < 1.29 is 43.2 Å². The van der Waals surface area contributed by atoms with E-state index in [0.717, 1.165) is 15.2 Å². The quantitative estimate of drug-likeness (QED) is 0.542. The van der Waals surface area contributed by atoms with E-state index in [-0.39, 0.29) is 0 Å². The van der Waals surface area contributed by atoms with E-state index >= 15 is 0 Å². The first kappa shape index (κ1) is 24.6. The van der Waals surface area contributed by atoms with Gasteiger partial charge in [-0.15, -0.1) is 0 Å². The summed E-state index contributed by atoms with van der Waals surface area (Å²) in [5, 5.41) is 0. The number of halogens is 6. The average Bonchev–Trinajstić information content (AvgIpc) is 2.45. The molecule has 14 heteroatoms. The zero-order valence-corrected chi connectivity index (χ0v) is 15.3. The third-order valence-electron chi connectivity index (χ3n) is 3.03. The number of nitrogens with zero attached hydrogens (tertiary/aromatic N) is 2. The molecule has 0 N–H and O–H groups in total. The highest BCUT2D eigenvalue weighted by Gasteiger charge is 2.46. The molecule has 26 heavy (non-hydrogen) atoms. The van der Waals surface area contributed by atoms with E-state index in [1.165, 1.54) is 5.69 Å². The summed E-state index contributed by atoms with van der Waals surface area (Å²) in [5.41, 5.74) is -11.0. The third-order valence-corrected chi connectivity index (χ3v) is 5.77. The van der Waals surface area contributed by atoms with Gasteiger partial charge in [-0.3, -0.25) is 4.48 Å². The smallest absolute Gasteiger partial charge is 0.421 e. The maximum Gasteiger partial charge on any atom is 0.480 e. The van der Waals surface area contributed by atoms with Crippen LogP contribution in [0, 0.1) is 0 Å². The highest BCUT2D eigenvalue weighted by atomic mass is 32.3. The van der Waals surface area contributed by atoms with Crippen molar-refractivity contribution in [1.82, 2.24) is 4.48 Å². The molecular formula is C12H16F6N2O4S2. The molecule has 0 bridgehead atoms. The summed E-state index contributed by atoms with van der Waals surface area (Å²) in [6, 6.07) is 10.6. The summed E-state index contributed by atoms with van der Waals surface area (Å²) >= 11 is 0. The normalized spacial score (nSPS) is 13.7. The number of hydrogen-bond acceptors (Lipinski definition) is 4. The molecule has 0 amide bonds. The van der Waals surface area contributed by atoms with Crippen LogP contribution in [-0.2, 0) is 20.0 Å². The van der Waals surface area contributed by atoms with Crippen LogP contribution in [0.25, 0.3) is 4.13 Å². The standard InChI is InChI=1S/C10H16N.C2F6NO4S2/c1-4-11(2,3)10-8-6-5-7-9-10;3-1(4,5)14(10,11)9-15(12,13)2(6,7)8/h5-9H,4H2,1-3H3;/q+1;-1. The van der Waals surface area contributed by atoms with Gasteiger partial charge in [0.2, 0.25) is 0 Å². The molecule has 152 valence electrons. The van der Waals surface area contributed by atoms with Gasteiger partial charge in [0.05, 0.1) is 20.6 Å². The van der Waals surface area contributed by atoms with Crippen molar-refractivity contribution in [3.05, 3.63) is 34.5 Å². The number of quaternary nitrogens is 1. The first-order valence-corrected chi connectivity index (χ1v) is 9.51. The van der Waals surface area contributed by atoms with E-state index in [1.54, 1.807) is 0 Å². The molecule has 0 unspecified atom stereocenters. The molecule has 0 aliphatic heterocycles. The molecule has 1 rings (SSSR count). The molecule has 1 aromatic carbocycles. The van der Waals surface area contributed by atoms with Gasteiger partial charge in [0.1, 0.15) is 5.69 Å². The Morgan fingerprint density at radius 3 is 1.46 bits per heavy atom. The van der Waals surface area contributed by atoms with Crippen LogP contribution in [-0.4, -0.2) is 48.5 Å². The van der Waals surface area contributed by atoms with Gasteiger partial charge in [-0.05, 0) is 19.1 Å². The molecule has 1 aromatic rings. The van der Waals surface area contributed by atoms with Gasteiger partial charge < -0.3 is 4.13 Å². The zero-order chi connectivity index (χ0) is 21.0. The molecule has 0 spiro atoms. The van der Waals surface area contributed by atoms with Crippen LogP contribution < -0.4 is 4.48 Å². The summed E-state index contributed by atoms with van der Waals surface area (Å²) in [5.74, 6) is 0. The number of hydrogen-bond donors (Lipinski definition) is 0. The average molecular weight is 430 g/mol. The van der Waals surface area contributed by atoms with Gasteiger partial charge in [0.25, 0.3) is 0 Å². The minimum absolute atomic E-state index is 0.778. The maximum atomic E-state index is 11.4. The number of alkyl halides is 6. The summed E-state index contributed by atoms with van der Waals surface area (Å²) < 4.78 is 110. The van der Waals surface area contributed by atoms with Crippen molar-refractivity contribution in [2.24, 2.45) is 0 Å². The lowest BCUT2D eigenvalue weighted by atomic mass is 10.2. The summed E-state index contributed by atoms with van der Waals surface area (Å²) in [4.78, 5) is 0. The third kappa shape index (κ3) is 6.74. The van der Waals surface area contributed by atoms with Crippen molar-refractivity contribution >= 4 is 25.7 Å². The largest absolute Gasteiger partial charge is 0.480 e. The topological polar surface area (TPSA) is 82.4 Å². The first-order valence-electron chi connectivity index (χ1n) is 6.63. The van der Waals surface area contributed by atoms with Gasteiger partial charge in [-0.2, -0.15) is 26.3 Å². The van der Waals surface area contributed by atoms with Gasteiger partial charge >= 0.3 is 11.0 Å². The highest BCUT2D eigenvalue weighted by Crippen LogP contribution is 2.36. The molecule has 0 atom stereocenters. The van der Waals surface area contributed by atoms with Crippen LogP contribution in [0.1, 0.15) is 6.92 Å². The van der Waals surface area contributed by atoms with Gasteiger partial charge in [0.15, 0.2) is 20.0 Å². The second-order valence-electron chi connectivity index (χ2n) is 5.25. The molecule has 6 nitrogen and oxygen atoms in total. The number of rotatable bonds is 4. The van der Waals surface area contributed by atoms with E-state index in [4.69, 9.17) is 0 Å². The molecule has 0 saturated carbocycles. The molecular weight excluding hydrogens is 414 g/mol. The molecule has 0 fully saturated rings. The van der Waals surface area contributed by atoms with E-state index in [1.807, 2.05) is 0 Å². The van der Waals surface area contributed by atoms with E-state index in [9.17, 15) is 43.2 Å². The lowest BCUT2D eigenvalue weighted by Gasteiger charge is -2.27. The zero-order valence-electron chi connectivity index (χ0n) is 13.7. The Balaban J connectivity index is 0.000000502. The van der Waals surface area contributed by atoms with E-state index in [2.05, 4.69) is 51.4 Å². The Morgan fingerprint density at radius 1 is 0.846 bits per heavy atom. The summed E-state index contributed by atoms with van der Waals surface area (Å²) in [7, 11) is -9.01. The van der Waals surface area contributed by atoms with E-state index in [0.29, 0.717) is 0 Å². The minimum Gasteiger partial charge on any atom is -0.421 e. The Hall–Kier alpha value is -1.38. The van der Waals surface area contributed by atoms with Crippen molar-refractivity contribution in [3.63, 3.8) is 0 Å². The molecule has 0 saturated heterocycles. The fourth-order valence-corrected chi connectivity index (χ4v) is 2.94. The van der Waals surface area contributed by atoms with Gasteiger partial charge in [-0.25, -0.2) is 16.8 Å². The van der Waals surface area contributed by atoms with Crippen molar-refractivity contribution in [1.29, 1.82) is 0 Å². The Labute approximate surface area is 147 Å². The van der Waals surface area contributed by atoms with Crippen LogP contribution in [0.4, 0.5) is 32.0 Å². The maximum absolute atomic E-state index is 11.4. The lowest BCUT2D eigenvalue weighted by molar-refractivity contribution is -0.0444.